The third-order valence-corrected chi connectivity index (χ3v) is 2.64. The van der Waals surface area contributed by atoms with Crippen LogP contribution in [-0.2, 0) is 9.59 Å². The van der Waals surface area contributed by atoms with Crippen molar-refractivity contribution in [2.24, 2.45) is 5.73 Å². The van der Waals surface area contributed by atoms with Gasteiger partial charge < -0.3 is 20.5 Å². The zero-order valence-corrected chi connectivity index (χ0v) is 11.9. The summed E-state index contributed by atoms with van der Waals surface area (Å²) >= 11 is 0. The van der Waals surface area contributed by atoms with Crippen LogP contribution in [0.3, 0.4) is 0 Å². The lowest BCUT2D eigenvalue weighted by molar-refractivity contribution is -0.137. The van der Waals surface area contributed by atoms with E-state index in [4.69, 9.17) is 15.2 Å². The highest BCUT2D eigenvalue weighted by atomic mass is 16.5. The highest BCUT2D eigenvalue weighted by molar-refractivity contribution is 6.34. The van der Waals surface area contributed by atoms with E-state index in [2.05, 4.69) is 5.32 Å². The number of nitrogens with one attached hydrogen (secondary N) is 1. The Kier molecular flexibility index (Phi) is 5.83. The fraction of sp³-hybridized carbons (Fsp3) is 0.429. The Labute approximate surface area is 118 Å². The predicted octanol–water partition coefficient (Wildman–Crippen LogP) is 1.15. The van der Waals surface area contributed by atoms with Crippen molar-refractivity contribution in [1.82, 2.24) is 5.32 Å². The van der Waals surface area contributed by atoms with Crippen molar-refractivity contribution < 1.29 is 19.1 Å². The van der Waals surface area contributed by atoms with Crippen LogP contribution in [0.15, 0.2) is 18.2 Å². The maximum absolute atomic E-state index is 11.3. The molecule has 0 saturated carbocycles. The Bertz CT molecular complexity index is 488. The maximum atomic E-state index is 11.3. The summed E-state index contributed by atoms with van der Waals surface area (Å²) in [5.41, 5.74) is 5.71. The Morgan fingerprint density at radius 1 is 1.20 bits per heavy atom. The summed E-state index contributed by atoms with van der Waals surface area (Å²) in [6.45, 7) is 6.56. The molecule has 6 heteroatoms. The summed E-state index contributed by atoms with van der Waals surface area (Å²) in [7, 11) is 0. The van der Waals surface area contributed by atoms with E-state index in [1.807, 2.05) is 13.8 Å². The van der Waals surface area contributed by atoms with Crippen LogP contribution in [0.1, 0.15) is 32.4 Å². The second-order valence-electron chi connectivity index (χ2n) is 4.13. The van der Waals surface area contributed by atoms with Gasteiger partial charge in [-0.05, 0) is 38.5 Å². The number of amides is 2. The molecular weight excluding hydrogens is 260 g/mol. The van der Waals surface area contributed by atoms with Gasteiger partial charge in [-0.2, -0.15) is 0 Å². The van der Waals surface area contributed by atoms with Crippen molar-refractivity contribution in [3.05, 3.63) is 23.8 Å². The number of carbonyl (C=O) groups excluding carboxylic acids is 2. The normalized spacial score (nSPS) is 11.6. The predicted molar refractivity (Wildman–Crippen MR) is 74.5 cm³/mol. The van der Waals surface area contributed by atoms with Gasteiger partial charge in [0.1, 0.15) is 0 Å². The topological polar surface area (TPSA) is 90.6 Å². The number of hydrogen-bond acceptors (Lipinski definition) is 4. The minimum Gasteiger partial charge on any atom is -0.490 e. The maximum Gasteiger partial charge on any atom is 0.309 e. The number of hydrogen-bond donors (Lipinski definition) is 2. The minimum atomic E-state index is -1.01. The van der Waals surface area contributed by atoms with Crippen LogP contribution in [0, 0.1) is 0 Å². The fourth-order valence-electron chi connectivity index (χ4n) is 1.69. The number of benzene rings is 1. The molecule has 2 amide bonds. The van der Waals surface area contributed by atoms with Gasteiger partial charge in [0.15, 0.2) is 11.5 Å². The van der Waals surface area contributed by atoms with Crippen molar-refractivity contribution in [1.29, 1.82) is 0 Å². The number of rotatable bonds is 6. The summed E-state index contributed by atoms with van der Waals surface area (Å²) in [5.74, 6) is -0.573. The lowest BCUT2D eigenvalue weighted by Gasteiger charge is -2.16. The van der Waals surface area contributed by atoms with Crippen LogP contribution in [-0.4, -0.2) is 25.0 Å². The summed E-state index contributed by atoms with van der Waals surface area (Å²) in [6.07, 6.45) is 0. The summed E-state index contributed by atoms with van der Waals surface area (Å²) in [5, 5.41) is 2.51. The number of primary amides is 1. The lowest BCUT2D eigenvalue weighted by atomic mass is 10.1. The first kappa shape index (κ1) is 15.8. The van der Waals surface area contributed by atoms with Crippen LogP contribution in [0.2, 0.25) is 0 Å². The standard InChI is InChI=1S/C14H20N2O4/c1-4-19-11-7-6-10(8-12(11)20-5-2)9(3)16-14(18)13(15)17/h6-9H,4-5H2,1-3H3,(H2,15,17)(H,16,18). The van der Waals surface area contributed by atoms with Crippen LogP contribution < -0.4 is 20.5 Å². The highest BCUT2D eigenvalue weighted by Gasteiger charge is 2.15. The zero-order chi connectivity index (χ0) is 15.1. The van der Waals surface area contributed by atoms with E-state index in [1.54, 1.807) is 25.1 Å². The molecule has 3 N–H and O–H groups in total. The largest absolute Gasteiger partial charge is 0.490 e. The smallest absolute Gasteiger partial charge is 0.309 e. The zero-order valence-electron chi connectivity index (χ0n) is 11.9. The van der Waals surface area contributed by atoms with Crippen molar-refractivity contribution >= 4 is 11.8 Å². The summed E-state index contributed by atoms with van der Waals surface area (Å²) in [6, 6.07) is 5.00. The number of carbonyl (C=O) groups is 2. The Morgan fingerprint density at radius 3 is 2.35 bits per heavy atom. The fourth-order valence-corrected chi connectivity index (χ4v) is 1.69. The second-order valence-corrected chi connectivity index (χ2v) is 4.13. The van der Waals surface area contributed by atoms with E-state index in [-0.39, 0.29) is 6.04 Å². The van der Waals surface area contributed by atoms with E-state index < -0.39 is 11.8 Å². The number of ether oxygens (including phenoxy) is 2. The molecule has 1 rings (SSSR count). The van der Waals surface area contributed by atoms with Gasteiger partial charge in [0.05, 0.1) is 19.3 Å². The monoisotopic (exact) mass is 280 g/mol. The minimum absolute atomic E-state index is 0.357. The van der Waals surface area contributed by atoms with Crippen molar-refractivity contribution in [3.8, 4) is 11.5 Å². The first-order valence-electron chi connectivity index (χ1n) is 6.49. The van der Waals surface area contributed by atoms with Crippen LogP contribution in [0.25, 0.3) is 0 Å². The van der Waals surface area contributed by atoms with Gasteiger partial charge in [0, 0.05) is 0 Å². The first-order chi connectivity index (χ1) is 9.49. The van der Waals surface area contributed by atoms with Gasteiger partial charge in [0.25, 0.3) is 0 Å². The average Bonchev–Trinajstić information content (AvgIpc) is 2.41. The van der Waals surface area contributed by atoms with Gasteiger partial charge in [-0.25, -0.2) is 0 Å². The average molecular weight is 280 g/mol. The Balaban J connectivity index is 2.92. The molecule has 0 bridgehead atoms. The summed E-state index contributed by atoms with van der Waals surface area (Å²) in [4.78, 5) is 22.0. The van der Waals surface area contributed by atoms with Gasteiger partial charge in [-0.3, -0.25) is 9.59 Å². The van der Waals surface area contributed by atoms with E-state index in [0.717, 1.165) is 5.56 Å². The second kappa shape index (κ2) is 7.37. The molecule has 1 aromatic carbocycles. The van der Waals surface area contributed by atoms with Gasteiger partial charge in [-0.15, -0.1) is 0 Å². The Hall–Kier alpha value is -2.24. The first-order valence-corrected chi connectivity index (χ1v) is 6.49. The van der Waals surface area contributed by atoms with Crippen molar-refractivity contribution in [3.63, 3.8) is 0 Å². The Morgan fingerprint density at radius 2 is 1.80 bits per heavy atom. The molecular formula is C14H20N2O4. The van der Waals surface area contributed by atoms with E-state index >= 15 is 0 Å². The van der Waals surface area contributed by atoms with E-state index in [9.17, 15) is 9.59 Å². The molecule has 110 valence electrons. The molecule has 0 spiro atoms. The molecule has 0 aliphatic carbocycles. The van der Waals surface area contributed by atoms with E-state index in [0.29, 0.717) is 24.7 Å². The molecule has 0 saturated heterocycles. The summed E-state index contributed by atoms with van der Waals surface area (Å²) < 4.78 is 11.0. The molecule has 1 unspecified atom stereocenters. The third-order valence-electron chi connectivity index (χ3n) is 2.64. The van der Waals surface area contributed by atoms with Gasteiger partial charge in [0.2, 0.25) is 0 Å². The highest BCUT2D eigenvalue weighted by Crippen LogP contribution is 2.30. The molecule has 20 heavy (non-hydrogen) atoms. The molecule has 0 aliphatic heterocycles. The van der Waals surface area contributed by atoms with Crippen molar-refractivity contribution in [2.75, 3.05) is 13.2 Å². The molecule has 0 aliphatic rings. The molecule has 0 aromatic heterocycles. The van der Waals surface area contributed by atoms with Gasteiger partial charge >= 0.3 is 11.8 Å². The molecule has 0 radical (unpaired) electrons. The molecule has 1 atom stereocenters. The van der Waals surface area contributed by atoms with Crippen molar-refractivity contribution in [2.45, 2.75) is 26.8 Å². The number of nitrogens with two attached hydrogens (primary N) is 1. The van der Waals surface area contributed by atoms with Gasteiger partial charge in [-0.1, -0.05) is 6.07 Å². The van der Waals surface area contributed by atoms with Crippen LogP contribution in [0.4, 0.5) is 0 Å². The molecule has 0 heterocycles. The van der Waals surface area contributed by atoms with Crippen LogP contribution >= 0.6 is 0 Å². The SMILES string of the molecule is CCOc1ccc(C(C)NC(=O)C(N)=O)cc1OCC. The molecule has 1 aromatic rings. The lowest BCUT2D eigenvalue weighted by Crippen LogP contribution is -2.37. The van der Waals surface area contributed by atoms with Crippen LogP contribution in [0.5, 0.6) is 11.5 Å². The van der Waals surface area contributed by atoms with E-state index in [1.165, 1.54) is 0 Å². The molecule has 6 nitrogen and oxygen atoms in total. The molecule has 0 fully saturated rings. The third kappa shape index (κ3) is 4.15. The quantitative estimate of drug-likeness (QED) is 0.765.